The third kappa shape index (κ3) is 8.24. The molecule has 0 radical (unpaired) electrons. The van der Waals surface area contributed by atoms with Crippen molar-refractivity contribution < 1.29 is 47.6 Å². The lowest BCUT2D eigenvalue weighted by Gasteiger charge is -2.22. The molecule has 6 atom stereocenters. The Kier molecular flexibility index (Phi) is 11.9. The van der Waals surface area contributed by atoms with Crippen LogP contribution < -0.4 is 0 Å². The minimum absolute atomic E-state index is 0.0721. The largest absolute Gasteiger partial charge is 0.458 e. The third-order valence-corrected chi connectivity index (χ3v) is 7.79. The van der Waals surface area contributed by atoms with E-state index in [1.54, 1.807) is 48.5 Å². The zero-order valence-electron chi connectivity index (χ0n) is 25.8. The minimum atomic E-state index is -0.721. The average molecular weight is 611 g/mol. The molecule has 2 heterocycles. The van der Waals surface area contributed by atoms with Gasteiger partial charge in [-0.25, -0.2) is 9.59 Å². The topological polar surface area (TPSA) is 124 Å². The Morgan fingerprint density at radius 1 is 0.682 bits per heavy atom. The van der Waals surface area contributed by atoms with E-state index in [9.17, 15) is 19.2 Å². The first kappa shape index (κ1) is 33.1. The minimum Gasteiger partial charge on any atom is -0.458 e. The number of hydrogen-bond donors (Lipinski definition) is 0. The summed E-state index contributed by atoms with van der Waals surface area (Å²) in [6, 6.07) is 13.9. The number of carbonyl (C=O) groups excluding carboxylic acids is 4. The van der Waals surface area contributed by atoms with E-state index in [0.29, 0.717) is 35.1 Å². The van der Waals surface area contributed by atoms with Crippen molar-refractivity contribution in [2.24, 2.45) is 0 Å². The van der Waals surface area contributed by atoms with E-state index < -0.39 is 60.5 Å². The number of rotatable bonds is 14. The number of hydrogen-bond acceptors (Lipinski definition) is 10. The van der Waals surface area contributed by atoms with Crippen molar-refractivity contribution in [3.8, 4) is 0 Å². The Morgan fingerprint density at radius 3 is 1.43 bits per heavy atom. The normalized spacial score (nSPS) is 22.0. The highest BCUT2D eigenvalue weighted by Crippen LogP contribution is 2.34. The number of esters is 4. The van der Waals surface area contributed by atoms with E-state index >= 15 is 0 Å². The highest BCUT2D eigenvalue weighted by molar-refractivity contribution is 5.92. The van der Waals surface area contributed by atoms with E-state index in [0.717, 1.165) is 25.7 Å². The lowest BCUT2D eigenvalue weighted by atomic mass is 9.98. The summed E-state index contributed by atoms with van der Waals surface area (Å²) in [7, 11) is 0. The average Bonchev–Trinajstić information content (AvgIpc) is 3.60. The molecule has 0 aliphatic carbocycles. The van der Waals surface area contributed by atoms with Gasteiger partial charge in [-0.15, -0.1) is 0 Å². The van der Waals surface area contributed by atoms with Crippen molar-refractivity contribution in [1.82, 2.24) is 0 Å². The van der Waals surface area contributed by atoms with Crippen LogP contribution in [0, 0.1) is 0 Å². The quantitative estimate of drug-likeness (QED) is 0.191. The van der Waals surface area contributed by atoms with Gasteiger partial charge in [-0.3, -0.25) is 9.59 Å². The lowest BCUT2D eigenvalue weighted by molar-refractivity contribution is -0.148. The molecule has 2 aromatic carbocycles. The zero-order valence-corrected chi connectivity index (χ0v) is 25.8. The van der Waals surface area contributed by atoms with Crippen LogP contribution in [0.4, 0.5) is 0 Å². The van der Waals surface area contributed by atoms with E-state index in [4.69, 9.17) is 28.4 Å². The molecule has 0 amide bonds. The van der Waals surface area contributed by atoms with Crippen molar-refractivity contribution in [2.45, 2.75) is 103 Å². The fourth-order valence-electron chi connectivity index (χ4n) is 5.70. The SMILES string of the molecule is CCCC[C@H](OC(C)=O)c1ccccc1C(=O)O[C@H]1CO[C@H]2[C@@H]1OC[C@H]2OC(=O)c1ccccc1[C@H](CCCC)OC(C)=O. The predicted octanol–water partition coefficient (Wildman–Crippen LogP) is 5.82. The summed E-state index contributed by atoms with van der Waals surface area (Å²) in [5, 5.41) is 0. The molecule has 0 N–H and O–H groups in total. The highest BCUT2D eigenvalue weighted by atomic mass is 16.7. The van der Waals surface area contributed by atoms with E-state index in [1.807, 2.05) is 13.8 Å². The highest BCUT2D eigenvalue weighted by Gasteiger charge is 2.51. The fourth-order valence-corrected chi connectivity index (χ4v) is 5.70. The maximum atomic E-state index is 13.4. The second-order valence-electron chi connectivity index (χ2n) is 11.1. The van der Waals surface area contributed by atoms with Crippen molar-refractivity contribution in [3.63, 3.8) is 0 Å². The van der Waals surface area contributed by atoms with Gasteiger partial charge >= 0.3 is 23.9 Å². The molecular formula is C34H42O10. The zero-order chi connectivity index (χ0) is 31.6. The van der Waals surface area contributed by atoms with Crippen molar-refractivity contribution in [2.75, 3.05) is 13.2 Å². The summed E-state index contributed by atoms with van der Waals surface area (Å²) in [5.41, 5.74) is 1.78. The summed E-state index contributed by atoms with van der Waals surface area (Å²) < 4.78 is 34.7. The van der Waals surface area contributed by atoms with Gasteiger partial charge in [0.1, 0.15) is 24.4 Å². The number of carbonyl (C=O) groups is 4. The molecule has 0 spiro atoms. The lowest BCUT2D eigenvalue weighted by Crippen LogP contribution is -2.36. The Labute approximate surface area is 258 Å². The van der Waals surface area contributed by atoms with E-state index in [1.165, 1.54) is 13.8 Å². The van der Waals surface area contributed by atoms with Crippen molar-refractivity contribution in [1.29, 1.82) is 0 Å². The molecule has 2 saturated heterocycles. The first-order valence-electron chi connectivity index (χ1n) is 15.4. The maximum absolute atomic E-state index is 13.4. The molecule has 238 valence electrons. The summed E-state index contributed by atoms with van der Waals surface area (Å²) in [6.45, 7) is 6.92. The van der Waals surface area contributed by atoms with E-state index in [-0.39, 0.29) is 13.2 Å². The van der Waals surface area contributed by atoms with Crippen LogP contribution in [0.25, 0.3) is 0 Å². The monoisotopic (exact) mass is 610 g/mol. The Balaban J connectivity index is 1.43. The first-order chi connectivity index (χ1) is 21.2. The molecule has 10 heteroatoms. The molecule has 44 heavy (non-hydrogen) atoms. The van der Waals surface area contributed by atoms with Crippen molar-refractivity contribution >= 4 is 23.9 Å². The van der Waals surface area contributed by atoms with Gasteiger partial charge in [0.2, 0.25) is 0 Å². The molecule has 2 aliphatic heterocycles. The van der Waals surface area contributed by atoms with Gasteiger partial charge < -0.3 is 28.4 Å². The van der Waals surface area contributed by atoms with Crippen LogP contribution in [0.3, 0.4) is 0 Å². The van der Waals surface area contributed by atoms with Gasteiger partial charge in [0.15, 0.2) is 12.2 Å². The second kappa shape index (κ2) is 15.8. The molecule has 2 fully saturated rings. The van der Waals surface area contributed by atoms with Crippen LogP contribution in [0.1, 0.15) is 110 Å². The smallest absolute Gasteiger partial charge is 0.339 e. The van der Waals surface area contributed by atoms with Gasteiger partial charge in [-0.05, 0) is 37.8 Å². The molecule has 2 aromatic rings. The van der Waals surface area contributed by atoms with Crippen LogP contribution in [-0.4, -0.2) is 61.5 Å². The molecule has 10 nitrogen and oxygen atoms in total. The Bertz CT molecular complexity index is 1210. The maximum Gasteiger partial charge on any atom is 0.339 e. The Hall–Kier alpha value is -3.76. The number of ether oxygens (including phenoxy) is 6. The summed E-state index contributed by atoms with van der Waals surface area (Å²) in [4.78, 5) is 50.3. The van der Waals surface area contributed by atoms with Gasteiger partial charge in [0.25, 0.3) is 0 Å². The standard InChI is InChI=1S/C34H42O10/c1-5-7-17-27(41-21(3)35)23-13-9-11-15-25(23)33(37)43-29-19-39-32-30(20-40-31(29)32)44-34(38)26-16-12-10-14-24(26)28(18-8-6-2)42-22(4)36/h9-16,27-32H,5-8,17-20H2,1-4H3/t27-,28-,29-,30+,31+,32+/m0/s1. The van der Waals surface area contributed by atoms with Gasteiger partial charge in [0, 0.05) is 25.0 Å². The van der Waals surface area contributed by atoms with Crippen LogP contribution >= 0.6 is 0 Å². The summed E-state index contributed by atoms with van der Waals surface area (Å²) >= 11 is 0. The fraction of sp³-hybridized carbons (Fsp3) is 0.529. The van der Waals surface area contributed by atoms with Crippen LogP contribution in [-0.2, 0) is 38.0 Å². The second-order valence-corrected chi connectivity index (χ2v) is 11.1. The molecule has 0 bridgehead atoms. The van der Waals surface area contributed by atoms with Crippen LogP contribution in [0.15, 0.2) is 48.5 Å². The van der Waals surface area contributed by atoms with Gasteiger partial charge in [-0.1, -0.05) is 63.1 Å². The molecular weight excluding hydrogens is 568 g/mol. The van der Waals surface area contributed by atoms with Crippen LogP contribution in [0.2, 0.25) is 0 Å². The van der Waals surface area contributed by atoms with Crippen molar-refractivity contribution in [3.05, 3.63) is 70.8 Å². The summed E-state index contributed by atoms with van der Waals surface area (Å²) in [5.74, 6) is -2.01. The first-order valence-corrected chi connectivity index (χ1v) is 15.4. The molecule has 4 rings (SSSR count). The summed E-state index contributed by atoms with van der Waals surface area (Å²) in [6.07, 6.45) is 0.800. The molecule has 2 aliphatic rings. The van der Waals surface area contributed by atoms with Gasteiger partial charge in [0.05, 0.1) is 24.3 Å². The van der Waals surface area contributed by atoms with Gasteiger partial charge in [-0.2, -0.15) is 0 Å². The number of fused-ring (bicyclic) bond motifs is 1. The number of benzene rings is 2. The molecule has 0 aromatic heterocycles. The molecule has 0 unspecified atom stereocenters. The van der Waals surface area contributed by atoms with E-state index in [2.05, 4.69) is 0 Å². The number of unbranched alkanes of at least 4 members (excludes halogenated alkanes) is 2. The Morgan fingerprint density at radius 2 is 1.07 bits per heavy atom. The van der Waals surface area contributed by atoms with Crippen LogP contribution in [0.5, 0.6) is 0 Å². The third-order valence-electron chi connectivity index (χ3n) is 7.79. The molecule has 0 saturated carbocycles. The predicted molar refractivity (Wildman–Crippen MR) is 159 cm³/mol.